The highest BCUT2D eigenvalue weighted by Crippen LogP contribution is 2.15. The van der Waals surface area contributed by atoms with Gasteiger partial charge in [-0.15, -0.1) is 0 Å². The molecule has 0 aliphatic rings. The van der Waals surface area contributed by atoms with Crippen LogP contribution in [0.4, 0.5) is 0 Å². The van der Waals surface area contributed by atoms with Gasteiger partial charge in [-0.05, 0) is 25.7 Å². The lowest BCUT2D eigenvalue weighted by Crippen LogP contribution is -2.37. The van der Waals surface area contributed by atoms with Crippen LogP contribution >= 0.6 is 0 Å². The minimum Gasteiger partial charge on any atom is -0.234 e. The highest BCUT2D eigenvalue weighted by atomic mass is 15.1. The number of hydrogen-bond donors (Lipinski definition) is 0. The lowest BCUT2D eigenvalue weighted by molar-refractivity contribution is -0.704. The molecule has 2 heteroatoms. The summed E-state index contributed by atoms with van der Waals surface area (Å²) in [4.78, 5) is 0. The van der Waals surface area contributed by atoms with Crippen LogP contribution in [0.5, 0.6) is 0 Å². The molecule has 1 heterocycles. The first kappa shape index (κ1) is 38.2. The van der Waals surface area contributed by atoms with Gasteiger partial charge in [-0.2, -0.15) is 0 Å². The highest BCUT2D eigenvalue weighted by molar-refractivity contribution is 4.84. The van der Waals surface area contributed by atoms with E-state index in [4.69, 9.17) is 0 Å². The molecule has 1 rings (SSSR count). The van der Waals surface area contributed by atoms with Gasteiger partial charge in [-0.25, -0.2) is 9.13 Å². The lowest BCUT2D eigenvalue weighted by atomic mass is 10.0. The molecule has 0 N–H and O–H groups in total. The maximum atomic E-state index is 2.60. The summed E-state index contributed by atoms with van der Waals surface area (Å²) < 4.78 is 5.15. The summed E-state index contributed by atoms with van der Waals surface area (Å²) in [5, 5.41) is 0. The summed E-state index contributed by atoms with van der Waals surface area (Å²) in [5.74, 6) is 1.59. The topological polar surface area (TPSA) is 8.81 Å². The zero-order valence-corrected chi connectivity index (χ0v) is 28.9. The SMILES string of the molecule is CCCCCCCCCCCCCCCCCc1n(CCC)cc[n+]1CCCCCCCCCCCCCCCC. The molecule has 0 saturated heterocycles. The van der Waals surface area contributed by atoms with Crippen molar-refractivity contribution in [2.24, 2.45) is 0 Å². The normalized spacial score (nSPS) is 11.6. The molecule has 0 aliphatic carbocycles. The highest BCUT2D eigenvalue weighted by Gasteiger charge is 2.15. The van der Waals surface area contributed by atoms with Gasteiger partial charge in [-0.1, -0.05) is 188 Å². The van der Waals surface area contributed by atoms with E-state index in [0.29, 0.717) is 0 Å². The van der Waals surface area contributed by atoms with Gasteiger partial charge in [0, 0.05) is 6.42 Å². The summed E-state index contributed by atoms with van der Waals surface area (Å²) in [7, 11) is 0. The van der Waals surface area contributed by atoms with Crippen molar-refractivity contribution in [1.82, 2.24) is 4.57 Å². The largest absolute Gasteiger partial charge is 0.256 e. The van der Waals surface area contributed by atoms with Crippen LogP contribution in [0.25, 0.3) is 0 Å². The molecule has 0 bridgehead atoms. The molecule has 0 saturated carbocycles. The molecule has 0 spiro atoms. The van der Waals surface area contributed by atoms with Crippen molar-refractivity contribution in [3.05, 3.63) is 18.2 Å². The van der Waals surface area contributed by atoms with Crippen molar-refractivity contribution < 1.29 is 4.57 Å². The standard InChI is InChI=1S/C39H77N2/c1-4-7-9-11-13-15-17-19-21-22-24-26-28-30-32-34-39-40(35-6-3)37-38-41(39)36-33-31-29-27-25-23-20-18-16-14-12-10-8-5-2/h37-38H,4-36H2,1-3H3/q+1. The van der Waals surface area contributed by atoms with E-state index in [1.165, 1.54) is 212 Å². The fourth-order valence-corrected chi connectivity index (χ4v) is 6.56. The lowest BCUT2D eigenvalue weighted by Gasteiger charge is -2.06. The van der Waals surface area contributed by atoms with Crippen molar-refractivity contribution >= 4 is 0 Å². The van der Waals surface area contributed by atoms with E-state index in [9.17, 15) is 0 Å². The fourth-order valence-electron chi connectivity index (χ4n) is 6.56. The maximum absolute atomic E-state index is 2.60. The maximum Gasteiger partial charge on any atom is 0.256 e. The third-order valence-corrected chi connectivity index (χ3v) is 9.31. The Morgan fingerprint density at radius 1 is 0.415 bits per heavy atom. The summed E-state index contributed by atoms with van der Waals surface area (Å²) >= 11 is 0. The minimum absolute atomic E-state index is 1.18. The van der Waals surface area contributed by atoms with Gasteiger partial charge in [-0.3, -0.25) is 0 Å². The molecule has 0 aliphatic heterocycles. The third-order valence-electron chi connectivity index (χ3n) is 9.31. The van der Waals surface area contributed by atoms with Gasteiger partial charge in [0.05, 0.1) is 13.1 Å². The number of hydrogen-bond acceptors (Lipinski definition) is 0. The van der Waals surface area contributed by atoms with E-state index in [0.717, 1.165) is 0 Å². The van der Waals surface area contributed by atoms with E-state index in [-0.39, 0.29) is 0 Å². The monoisotopic (exact) mass is 574 g/mol. The second kappa shape index (κ2) is 30.7. The van der Waals surface area contributed by atoms with Crippen LogP contribution in [0, 0.1) is 0 Å². The second-order valence-electron chi connectivity index (χ2n) is 13.4. The Morgan fingerprint density at radius 2 is 0.756 bits per heavy atom. The van der Waals surface area contributed by atoms with Crippen molar-refractivity contribution in [3.63, 3.8) is 0 Å². The molecule has 242 valence electrons. The molecular formula is C39H77N2+. The average Bonchev–Trinajstić information content (AvgIpc) is 3.36. The Bertz CT molecular complexity index is 634. The molecule has 1 aromatic heterocycles. The summed E-state index contributed by atoms with van der Waals surface area (Å²) in [5.41, 5.74) is 0. The zero-order valence-electron chi connectivity index (χ0n) is 28.9. The predicted molar refractivity (Wildman–Crippen MR) is 184 cm³/mol. The Labute approximate surface area is 259 Å². The van der Waals surface area contributed by atoms with Crippen molar-refractivity contribution in [1.29, 1.82) is 0 Å². The van der Waals surface area contributed by atoms with Gasteiger partial charge in [0.1, 0.15) is 12.4 Å². The van der Waals surface area contributed by atoms with E-state index in [2.05, 4.69) is 42.3 Å². The van der Waals surface area contributed by atoms with Crippen LogP contribution in [0.15, 0.2) is 12.4 Å². The molecule has 2 nitrogen and oxygen atoms in total. The van der Waals surface area contributed by atoms with Gasteiger partial charge in [0.25, 0.3) is 5.82 Å². The quantitative estimate of drug-likeness (QED) is 0.0584. The van der Waals surface area contributed by atoms with E-state index in [1.807, 2.05) is 0 Å². The van der Waals surface area contributed by atoms with Crippen LogP contribution in [0.2, 0.25) is 0 Å². The molecule has 1 aromatic rings. The number of nitrogens with zero attached hydrogens (tertiary/aromatic N) is 2. The average molecular weight is 574 g/mol. The Balaban J connectivity index is 2.03. The zero-order chi connectivity index (χ0) is 29.5. The first-order valence-corrected chi connectivity index (χ1v) is 19.4. The molecule has 0 radical (unpaired) electrons. The Hall–Kier alpha value is -0.790. The van der Waals surface area contributed by atoms with Gasteiger partial charge < -0.3 is 0 Å². The van der Waals surface area contributed by atoms with Crippen LogP contribution in [0.3, 0.4) is 0 Å². The molecule has 0 fully saturated rings. The number of aryl methyl sites for hydroxylation is 2. The first-order valence-electron chi connectivity index (χ1n) is 19.4. The second-order valence-corrected chi connectivity index (χ2v) is 13.4. The van der Waals surface area contributed by atoms with Crippen LogP contribution in [0.1, 0.15) is 219 Å². The van der Waals surface area contributed by atoms with Gasteiger partial charge in [0.15, 0.2) is 0 Å². The molecular weight excluding hydrogens is 496 g/mol. The molecule has 41 heavy (non-hydrogen) atoms. The van der Waals surface area contributed by atoms with Crippen LogP contribution < -0.4 is 4.57 Å². The molecule has 0 atom stereocenters. The van der Waals surface area contributed by atoms with Crippen LogP contribution in [-0.4, -0.2) is 4.57 Å². The number of aromatic nitrogens is 2. The summed E-state index contributed by atoms with van der Waals surface area (Å²) in [6.45, 7) is 9.34. The smallest absolute Gasteiger partial charge is 0.234 e. The van der Waals surface area contributed by atoms with Crippen molar-refractivity contribution in [2.75, 3.05) is 0 Å². The predicted octanol–water partition coefficient (Wildman–Crippen LogP) is 13.1. The number of imidazole rings is 1. The molecule has 0 amide bonds. The van der Waals surface area contributed by atoms with E-state index in [1.54, 1.807) is 5.82 Å². The van der Waals surface area contributed by atoms with E-state index < -0.39 is 0 Å². The number of unbranched alkanes of at least 4 members (excludes halogenated alkanes) is 27. The molecule has 0 unspecified atom stereocenters. The van der Waals surface area contributed by atoms with Gasteiger partial charge >= 0.3 is 0 Å². The van der Waals surface area contributed by atoms with Crippen LogP contribution in [-0.2, 0) is 19.5 Å². The first-order chi connectivity index (χ1) is 20.3. The van der Waals surface area contributed by atoms with Crippen molar-refractivity contribution in [3.8, 4) is 0 Å². The summed E-state index contributed by atoms with van der Waals surface area (Å²) in [6.07, 6.45) is 49.1. The Kier molecular flexibility index (Phi) is 28.6. The van der Waals surface area contributed by atoms with Crippen molar-refractivity contribution in [2.45, 2.75) is 233 Å². The fraction of sp³-hybridized carbons (Fsp3) is 0.923. The Morgan fingerprint density at radius 3 is 1.12 bits per heavy atom. The van der Waals surface area contributed by atoms with Gasteiger partial charge in [0.2, 0.25) is 0 Å². The third kappa shape index (κ3) is 23.4. The molecule has 0 aromatic carbocycles. The minimum atomic E-state index is 1.18. The summed E-state index contributed by atoms with van der Waals surface area (Å²) in [6, 6.07) is 0. The van der Waals surface area contributed by atoms with E-state index >= 15 is 0 Å². The number of rotatable bonds is 33.